The minimum Gasteiger partial charge on any atom is -0.325 e. The zero-order chi connectivity index (χ0) is 16.3. The largest absolute Gasteiger partial charge is 0.325 e. The quantitative estimate of drug-likeness (QED) is 0.789. The lowest BCUT2D eigenvalue weighted by atomic mass is 10.2. The summed E-state index contributed by atoms with van der Waals surface area (Å²) in [6.45, 7) is 3.42. The molecular formula is C16H14ClF2NOS. The molecule has 116 valence electrons. The van der Waals surface area contributed by atoms with Crippen molar-refractivity contribution in [2.75, 3.05) is 5.32 Å². The molecule has 0 aromatic heterocycles. The number of benzene rings is 2. The summed E-state index contributed by atoms with van der Waals surface area (Å²) in [5.41, 5.74) is 1.36. The van der Waals surface area contributed by atoms with Gasteiger partial charge in [0.2, 0.25) is 5.91 Å². The number of amides is 1. The average molecular weight is 342 g/mol. The van der Waals surface area contributed by atoms with Crippen LogP contribution in [0.1, 0.15) is 12.5 Å². The number of halogens is 3. The minimum atomic E-state index is -0.588. The van der Waals surface area contributed by atoms with Crippen LogP contribution in [0.5, 0.6) is 0 Å². The van der Waals surface area contributed by atoms with Crippen LogP contribution in [0.3, 0.4) is 0 Å². The first-order valence-corrected chi connectivity index (χ1v) is 7.82. The first kappa shape index (κ1) is 16.8. The Hall–Kier alpha value is -1.59. The van der Waals surface area contributed by atoms with Gasteiger partial charge in [0.15, 0.2) is 0 Å². The van der Waals surface area contributed by atoms with E-state index < -0.39 is 16.9 Å². The van der Waals surface area contributed by atoms with Crippen molar-refractivity contribution < 1.29 is 13.6 Å². The highest BCUT2D eigenvalue weighted by Crippen LogP contribution is 2.28. The molecule has 6 heteroatoms. The maximum Gasteiger partial charge on any atom is 0.237 e. The predicted molar refractivity (Wildman–Crippen MR) is 86.5 cm³/mol. The van der Waals surface area contributed by atoms with E-state index in [1.165, 1.54) is 0 Å². The number of carbonyl (C=O) groups is 1. The van der Waals surface area contributed by atoms with E-state index in [9.17, 15) is 13.6 Å². The first-order chi connectivity index (χ1) is 10.4. The second kappa shape index (κ2) is 7.11. The maximum atomic E-state index is 13.6. The lowest BCUT2D eigenvalue weighted by Crippen LogP contribution is -2.23. The lowest BCUT2D eigenvalue weighted by Gasteiger charge is -2.14. The van der Waals surface area contributed by atoms with Crippen molar-refractivity contribution in [1.82, 2.24) is 0 Å². The Morgan fingerprint density at radius 3 is 2.73 bits per heavy atom. The molecule has 22 heavy (non-hydrogen) atoms. The number of anilines is 1. The van der Waals surface area contributed by atoms with Crippen molar-refractivity contribution in [2.24, 2.45) is 0 Å². The summed E-state index contributed by atoms with van der Waals surface area (Å²) >= 11 is 6.96. The number of nitrogens with one attached hydrogen (secondary N) is 1. The predicted octanol–water partition coefficient (Wildman–Crippen LogP) is 5.05. The van der Waals surface area contributed by atoms with E-state index >= 15 is 0 Å². The molecule has 2 nitrogen and oxygen atoms in total. The number of hydrogen-bond donors (Lipinski definition) is 1. The molecular weight excluding hydrogens is 328 g/mol. The molecule has 0 spiro atoms. The van der Waals surface area contributed by atoms with Crippen LogP contribution < -0.4 is 5.32 Å². The van der Waals surface area contributed by atoms with Crippen LogP contribution in [0, 0.1) is 18.6 Å². The van der Waals surface area contributed by atoms with Crippen LogP contribution >= 0.6 is 23.4 Å². The van der Waals surface area contributed by atoms with Crippen LogP contribution in [0.4, 0.5) is 14.5 Å². The Morgan fingerprint density at radius 1 is 1.27 bits per heavy atom. The third-order valence-electron chi connectivity index (χ3n) is 3.09. The molecule has 0 radical (unpaired) electrons. The van der Waals surface area contributed by atoms with Gasteiger partial charge in [-0.15, -0.1) is 11.8 Å². The van der Waals surface area contributed by atoms with Crippen molar-refractivity contribution in [1.29, 1.82) is 0 Å². The zero-order valence-corrected chi connectivity index (χ0v) is 13.6. The first-order valence-electron chi connectivity index (χ1n) is 6.56. The molecule has 0 saturated carbocycles. The Kier molecular flexibility index (Phi) is 5.42. The Bertz CT molecular complexity index is 709. The Balaban J connectivity index is 2.09. The van der Waals surface area contributed by atoms with Crippen LogP contribution in [-0.2, 0) is 4.79 Å². The lowest BCUT2D eigenvalue weighted by molar-refractivity contribution is -0.115. The van der Waals surface area contributed by atoms with Crippen molar-refractivity contribution in [3.63, 3.8) is 0 Å². The van der Waals surface area contributed by atoms with Gasteiger partial charge in [-0.1, -0.05) is 17.7 Å². The van der Waals surface area contributed by atoms with Gasteiger partial charge in [-0.05, 0) is 49.7 Å². The van der Waals surface area contributed by atoms with Gasteiger partial charge in [0.1, 0.15) is 11.6 Å². The van der Waals surface area contributed by atoms with E-state index in [2.05, 4.69) is 5.32 Å². The summed E-state index contributed by atoms with van der Waals surface area (Å²) in [6, 6.07) is 8.36. The zero-order valence-electron chi connectivity index (χ0n) is 12.0. The monoisotopic (exact) mass is 341 g/mol. The normalized spacial score (nSPS) is 12.0. The molecule has 0 bridgehead atoms. The highest BCUT2D eigenvalue weighted by Gasteiger charge is 2.18. The fourth-order valence-electron chi connectivity index (χ4n) is 1.79. The van der Waals surface area contributed by atoms with Gasteiger partial charge in [-0.2, -0.15) is 0 Å². The number of thioether (sulfide) groups is 1. The molecule has 2 aromatic carbocycles. The summed E-state index contributed by atoms with van der Waals surface area (Å²) in [5.74, 6) is -1.40. The highest BCUT2D eigenvalue weighted by atomic mass is 35.5. The van der Waals surface area contributed by atoms with E-state index in [4.69, 9.17) is 11.6 Å². The smallest absolute Gasteiger partial charge is 0.237 e. The number of rotatable bonds is 4. The van der Waals surface area contributed by atoms with Gasteiger partial charge in [0.05, 0.1) is 5.25 Å². The SMILES string of the molecule is Cc1c(Cl)cccc1NC(=O)[C@@H](C)Sc1cc(F)ccc1F. The Morgan fingerprint density at radius 2 is 2.00 bits per heavy atom. The molecule has 1 amide bonds. The molecule has 1 N–H and O–H groups in total. The third kappa shape index (κ3) is 3.99. The summed E-state index contributed by atoms with van der Waals surface area (Å²) in [4.78, 5) is 12.3. The average Bonchev–Trinajstić information content (AvgIpc) is 2.47. The van der Waals surface area contributed by atoms with Crippen molar-refractivity contribution in [3.8, 4) is 0 Å². The molecule has 0 aliphatic heterocycles. The number of carbonyl (C=O) groups excluding carboxylic acids is 1. The van der Waals surface area contributed by atoms with Crippen LogP contribution in [0.2, 0.25) is 5.02 Å². The van der Waals surface area contributed by atoms with E-state index in [-0.39, 0.29) is 10.8 Å². The van der Waals surface area contributed by atoms with Gasteiger partial charge in [0, 0.05) is 15.6 Å². The fourth-order valence-corrected chi connectivity index (χ4v) is 2.87. The summed E-state index contributed by atoms with van der Waals surface area (Å²) < 4.78 is 26.7. The fraction of sp³-hybridized carbons (Fsp3) is 0.188. The van der Waals surface area contributed by atoms with Crippen molar-refractivity contribution in [2.45, 2.75) is 24.0 Å². The molecule has 0 aliphatic rings. The number of hydrogen-bond acceptors (Lipinski definition) is 2. The summed E-state index contributed by atoms with van der Waals surface area (Å²) in [7, 11) is 0. The standard InChI is InChI=1S/C16H14ClF2NOS/c1-9-12(17)4-3-5-14(9)20-16(21)10(2)22-15-8-11(18)6-7-13(15)19/h3-8,10H,1-2H3,(H,20,21)/t10-/m1/s1. The van der Waals surface area contributed by atoms with Gasteiger partial charge >= 0.3 is 0 Å². The molecule has 0 aliphatic carbocycles. The van der Waals surface area contributed by atoms with Gasteiger partial charge < -0.3 is 5.32 Å². The second-order valence-electron chi connectivity index (χ2n) is 4.74. The van der Waals surface area contributed by atoms with Crippen LogP contribution in [0.15, 0.2) is 41.3 Å². The molecule has 2 aromatic rings. The van der Waals surface area contributed by atoms with Crippen LogP contribution in [-0.4, -0.2) is 11.2 Å². The van der Waals surface area contributed by atoms with Crippen LogP contribution in [0.25, 0.3) is 0 Å². The molecule has 2 rings (SSSR count). The Labute approximate surface area is 136 Å². The molecule has 0 unspecified atom stereocenters. The summed E-state index contributed by atoms with van der Waals surface area (Å²) in [6.07, 6.45) is 0. The molecule has 0 fully saturated rings. The van der Waals surface area contributed by atoms with E-state index in [1.54, 1.807) is 32.0 Å². The maximum absolute atomic E-state index is 13.6. The molecule has 0 saturated heterocycles. The van der Waals surface area contributed by atoms with Gasteiger partial charge in [0.25, 0.3) is 0 Å². The van der Waals surface area contributed by atoms with Gasteiger partial charge in [-0.3, -0.25) is 4.79 Å². The van der Waals surface area contributed by atoms with Gasteiger partial charge in [-0.25, -0.2) is 8.78 Å². The topological polar surface area (TPSA) is 29.1 Å². The van der Waals surface area contributed by atoms with Crippen molar-refractivity contribution >= 4 is 35.0 Å². The second-order valence-corrected chi connectivity index (χ2v) is 6.53. The molecule has 1 atom stereocenters. The van der Waals surface area contributed by atoms with Crippen molar-refractivity contribution in [3.05, 3.63) is 58.6 Å². The minimum absolute atomic E-state index is 0.102. The molecule has 0 heterocycles. The summed E-state index contributed by atoms with van der Waals surface area (Å²) in [5, 5.41) is 2.71. The van der Waals surface area contributed by atoms with E-state index in [0.717, 1.165) is 35.5 Å². The third-order valence-corrected chi connectivity index (χ3v) is 4.64. The van der Waals surface area contributed by atoms with E-state index in [0.29, 0.717) is 10.7 Å². The van der Waals surface area contributed by atoms with E-state index in [1.807, 2.05) is 0 Å². The highest BCUT2D eigenvalue weighted by molar-refractivity contribution is 8.00.